The summed E-state index contributed by atoms with van der Waals surface area (Å²) in [5.41, 5.74) is 8.58. The first-order valence-corrected chi connectivity index (χ1v) is 7.39. The normalized spacial score (nSPS) is 10.1. The summed E-state index contributed by atoms with van der Waals surface area (Å²) in [6, 6.07) is 13.2. The predicted octanol–water partition coefficient (Wildman–Crippen LogP) is 3.09. The van der Waals surface area contributed by atoms with Crippen LogP contribution in [0.3, 0.4) is 0 Å². The SMILES string of the molecule is CNC(=O)c1ccc(N)cc1Nc1ccc(SC)cc1. The molecular weight excluding hydrogens is 270 g/mol. The summed E-state index contributed by atoms with van der Waals surface area (Å²) in [7, 11) is 1.61. The molecule has 0 aliphatic heterocycles. The second kappa shape index (κ2) is 6.34. The Bertz CT molecular complexity index is 611. The number of thioether (sulfide) groups is 1. The van der Waals surface area contributed by atoms with Gasteiger partial charge in [0.2, 0.25) is 0 Å². The average Bonchev–Trinajstić information content (AvgIpc) is 2.47. The van der Waals surface area contributed by atoms with E-state index in [-0.39, 0.29) is 5.91 Å². The molecule has 0 heterocycles. The van der Waals surface area contributed by atoms with Crippen LogP contribution in [0.5, 0.6) is 0 Å². The molecule has 20 heavy (non-hydrogen) atoms. The highest BCUT2D eigenvalue weighted by Gasteiger charge is 2.10. The van der Waals surface area contributed by atoms with Gasteiger partial charge in [-0.15, -0.1) is 11.8 Å². The van der Waals surface area contributed by atoms with E-state index in [4.69, 9.17) is 5.73 Å². The van der Waals surface area contributed by atoms with Crippen molar-refractivity contribution in [3.05, 3.63) is 48.0 Å². The minimum Gasteiger partial charge on any atom is -0.399 e. The first kappa shape index (κ1) is 14.3. The van der Waals surface area contributed by atoms with Crippen molar-refractivity contribution in [2.45, 2.75) is 4.90 Å². The Morgan fingerprint density at radius 1 is 1.15 bits per heavy atom. The lowest BCUT2D eigenvalue weighted by Crippen LogP contribution is -2.19. The number of nitrogens with one attached hydrogen (secondary N) is 2. The van der Waals surface area contributed by atoms with Crippen LogP contribution in [0.1, 0.15) is 10.4 Å². The van der Waals surface area contributed by atoms with Gasteiger partial charge in [0.05, 0.1) is 11.3 Å². The highest BCUT2D eigenvalue weighted by atomic mass is 32.2. The highest BCUT2D eigenvalue weighted by molar-refractivity contribution is 7.98. The van der Waals surface area contributed by atoms with Gasteiger partial charge in [-0.05, 0) is 48.7 Å². The monoisotopic (exact) mass is 287 g/mol. The van der Waals surface area contributed by atoms with E-state index < -0.39 is 0 Å². The minimum atomic E-state index is -0.145. The molecule has 0 aliphatic rings. The summed E-state index contributed by atoms with van der Waals surface area (Å²) < 4.78 is 0. The van der Waals surface area contributed by atoms with Crippen LogP contribution >= 0.6 is 11.8 Å². The molecule has 0 radical (unpaired) electrons. The largest absolute Gasteiger partial charge is 0.399 e. The maximum atomic E-state index is 11.8. The third-order valence-electron chi connectivity index (χ3n) is 2.88. The van der Waals surface area contributed by atoms with Crippen LogP contribution in [-0.2, 0) is 0 Å². The van der Waals surface area contributed by atoms with E-state index in [0.29, 0.717) is 16.9 Å². The first-order chi connectivity index (χ1) is 9.63. The van der Waals surface area contributed by atoms with Crippen LogP contribution in [-0.4, -0.2) is 19.2 Å². The molecule has 4 nitrogen and oxygen atoms in total. The average molecular weight is 287 g/mol. The number of carbonyl (C=O) groups is 1. The van der Waals surface area contributed by atoms with Gasteiger partial charge in [-0.2, -0.15) is 0 Å². The summed E-state index contributed by atoms with van der Waals surface area (Å²) in [6.45, 7) is 0. The molecule has 0 saturated heterocycles. The zero-order valence-corrected chi connectivity index (χ0v) is 12.3. The van der Waals surface area contributed by atoms with Gasteiger partial charge < -0.3 is 16.4 Å². The smallest absolute Gasteiger partial charge is 0.253 e. The molecule has 0 aliphatic carbocycles. The Morgan fingerprint density at radius 3 is 2.45 bits per heavy atom. The van der Waals surface area contributed by atoms with Crippen LogP contribution in [0.25, 0.3) is 0 Å². The van der Waals surface area contributed by atoms with Crippen molar-refractivity contribution in [1.82, 2.24) is 5.32 Å². The van der Waals surface area contributed by atoms with Crippen LogP contribution in [0.15, 0.2) is 47.4 Å². The topological polar surface area (TPSA) is 67.2 Å². The quantitative estimate of drug-likeness (QED) is 0.597. The Morgan fingerprint density at radius 2 is 1.85 bits per heavy atom. The molecule has 0 aromatic heterocycles. The number of nitrogens with two attached hydrogens (primary N) is 1. The molecular formula is C15H17N3OS. The molecule has 104 valence electrons. The molecule has 4 N–H and O–H groups in total. The molecule has 0 unspecified atom stereocenters. The van der Waals surface area contributed by atoms with Gasteiger partial charge in [0, 0.05) is 23.3 Å². The molecule has 1 amide bonds. The van der Waals surface area contributed by atoms with Gasteiger partial charge in [0.1, 0.15) is 0 Å². The summed E-state index contributed by atoms with van der Waals surface area (Å²) in [4.78, 5) is 13.0. The maximum Gasteiger partial charge on any atom is 0.253 e. The van der Waals surface area contributed by atoms with Gasteiger partial charge in [-0.3, -0.25) is 4.79 Å². The molecule has 2 rings (SSSR count). The maximum absolute atomic E-state index is 11.8. The molecule has 5 heteroatoms. The molecule has 0 fully saturated rings. The minimum absolute atomic E-state index is 0.145. The van der Waals surface area contributed by atoms with Gasteiger partial charge in [-0.25, -0.2) is 0 Å². The standard InChI is InChI=1S/C15H17N3OS/c1-17-15(19)13-8-3-10(16)9-14(13)18-11-4-6-12(20-2)7-5-11/h3-9,18H,16H2,1-2H3,(H,17,19). The van der Waals surface area contributed by atoms with Crippen molar-refractivity contribution in [2.24, 2.45) is 0 Å². The molecule has 0 saturated carbocycles. The summed E-state index contributed by atoms with van der Waals surface area (Å²) in [5, 5.41) is 5.85. The zero-order chi connectivity index (χ0) is 14.5. The van der Waals surface area contributed by atoms with E-state index in [1.165, 1.54) is 4.90 Å². The fourth-order valence-electron chi connectivity index (χ4n) is 1.83. The second-order valence-electron chi connectivity index (χ2n) is 4.24. The number of rotatable bonds is 4. The lowest BCUT2D eigenvalue weighted by atomic mass is 10.1. The van der Waals surface area contributed by atoms with Crippen LogP contribution < -0.4 is 16.4 Å². The van der Waals surface area contributed by atoms with E-state index in [2.05, 4.69) is 10.6 Å². The van der Waals surface area contributed by atoms with Crippen molar-refractivity contribution in [2.75, 3.05) is 24.4 Å². The van der Waals surface area contributed by atoms with Crippen molar-refractivity contribution >= 4 is 34.7 Å². The van der Waals surface area contributed by atoms with Crippen molar-refractivity contribution in [3.8, 4) is 0 Å². The lowest BCUT2D eigenvalue weighted by molar-refractivity contribution is 0.0964. The number of carbonyl (C=O) groups excluding carboxylic acids is 1. The number of anilines is 3. The van der Waals surface area contributed by atoms with Gasteiger partial charge in [0.25, 0.3) is 5.91 Å². The molecule has 0 bridgehead atoms. The number of benzene rings is 2. The van der Waals surface area contributed by atoms with Crippen LogP contribution in [0.4, 0.5) is 17.1 Å². The van der Waals surface area contributed by atoms with Crippen molar-refractivity contribution in [1.29, 1.82) is 0 Å². The molecule has 2 aromatic carbocycles. The highest BCUT2D eigenvalue weighted by Crippen LogP contribution is 2.25. The molecule has 2 aromatic rings. The van der Waals surface area contributed by atoms with Gasteiger partial charge >= 0.3 is 0 Å². The number of hydrogen-bond donors (Lipinski definition) is 3. The third kappa shape index (κ3) is 3.24. The Balaban J connectivity index is 2.31. The van der Waals surface area contributed by atoms with E-state index >= 15 is 0 Å². The second-order valence-corrected chi connectivity index (χ2v) is 5.12. The van der Waals surface area contributed by atoms with Gasteiger partial charge in [-0.1, -0.05) is 0 Å². The van der Waals surface area contributed by atoms with E-state index in [9.17, 15) is 4.79 Å². The number of hydrogen-bond acceptors (Lipinski definition) is 4. The zero-order valence-electron chi connectivity index (χ0n) is 11.4. The van der Waals surface area contributed by atoms with Crippen molar-refractivity contribution in [3.63, 3.8) is 0 Å². The van der Waals surface area contributed by atoms with E-state index in [1.54, 1.807) is 37.0 Å². The predicted molar refractivity (Wildman–Crippen MR) is 85.8 cm³/mol. The molecule has 0 atom stereocenters. The first-order valence-electron chi connectivity index (χ1n) is 6.16. The Hall–Kier alpha value is -2.14. The lowest BCUT2D eigenvalue weighted by Gasteiger charge is -2.12. The Labute approximate surface area is 122 Å². The van der Waals surface area contributed by atoms with E-state index in [1.807, 2.05) is 30.5 Å². The molecule has 0 spiro atoms. The Kier molecular flexibility index (Phi) is 4.53. The van der Waals surface area contributed by atoms with Crippen LogP contribution in [0, 0.1) is 0 Å². The summed E-state index contributed by atoms with van der Waals surface area (Å²) in [6.07, 6.45) is 2.03. The number of nitrogen functional groups attached to an aromatic ring is 1. The van der Waals surface area contributed by atoms with E-state index in [0.717, 1.165) is 5.69 Å². The fraction of sp³-hybridized carbons (Fsp3) is 0.133. The van der Waals surface area contributed by atoms with Crippen LogP contribution in [0.2, 0.25) is 0 Å². The summed E-state index contributed by atoms with van der Waals surface area (Å²) in [5.74, 6) is -0.145. The summed E-state index contributed by atoms with van der Waals surface area (Å²) >= 11 is 1.69. The van der Waals surface area contributed by atoms with Gasteiger partial charge in [0.15, 0.2) is 0 Å². The number of amides is 1. The van der Waals surface area contributed by atoms with Crippen molar-refractivity contribution < 1.29 is 4.79 Å². The fourth-order valence-corrected chi connectivity index (χ4v) is 2.24. The third-order valence-corrected chi connectivity index (χ3v) is 3.63.